The summed E-state index contributed by atoms with van der Waals surface area (Å²) in [5, 5.41) is 0.164. The van der Waals surface area contributed by atoms with Gasteiger partial charge in [-0.1, -0.05) is 38.1 Å². The van der Waals surface area contributed by atoms with Crippen molar-refractivity contribution in [2.45, 2.75) is 19.8 Å². The van der Waals surface area contributed by atoms with Gasteiger partial charge in [0.15, 0.2) is 5.82 Å². The minimum Gasteiger partial charge on any atom is -0.274 e. The van der Waals surface area contributed by atoms with E-state index >= 15 is 0 Å². The second-order valence-electron chi connectivity index (χ2n) is 4.97. The van der Waals surface area contributed by atoms with E-state index in [4.69, 9.17) is 11.6 Å². The van der Waals surface area contributed by atoms with Crippen molar-refractivity contribution in [3.63, 3.8) is 0 Å². The van der Waals surface area contributed by atoms with E-state index in [0.29, 0.717) is 17.7 Å². The van der Waals surface area contributed by atoms with Crippen LogP contribution >= 0.6 is 11.6 Å². The highest BCUT2D eigenvalue weighted by Gasteiger charge is 2.09. The van der Waals surface area contributed by atoms with Gasteiger partial charge in [0.05, 0.1) is 0 Å². The van der Waals surface area contributed by atoms with Crippen LogP contribution in [0.25, 0.3) is 17.3 Å². The van der Waals surface area contributed by atoms with Crippen LogP contribution in [0.5, 0.6) is 0 Å². The van der Waals surface area contributed by atoms with Crippen molar-refractivity contribution < 1.29 is 0 Å². The van der Waals surface area contributed by atoms with Crippen LogP contribution in [0.4, 0.5) is 0 Å². The van der Waals surface area contributed by atoms with Crippen LogP contribution in [-0.2, 0) is 0 Å². The molecule has 0 amide bonds. The molecule has 2 aromatic heterocycles. The van der Waals surface area contributed by atoms with E-state index in [1.165, 1.54) is 5.56 Å². The number of hydrogen-bond acceptors (Lipinski definition) is 4. The van der Waals surface area contributed by atoms with Crippen molar-refractivity contribution in [1.29, 1.82) is 0 Å². The van der Waals surface area contributed by atoms with Gasteiger partial charge in [0.2, 0.25) is 11.2 Å². The maximum atomic E-state index is 6.00. The van der Waals surface area contributed by atoms with Gasteiger partial charge in [-0.05, 0) is 23.1 Å². The molecule has 2 heterocycles. The molecule has 3 aromatic rings. The summed E-state index contributed by atoms with van der Waals surface area (Å²) < 4.78 is 1.69. The number of imidazole rings is 1. The lowest BCUT2D eigenvalue weighted by Gasteiger charge is -2.07. The second kappa shape index (κ2) is 5.61. The Bertz CT molecular complexity index is 735. The van der Waals surface area contributed by atoms with Crippen LogP contribution < -0.4 is 0 Å². The fraction of sp³-hybridized carbons (Fsp3) is 0.200. The number of hydrogen-bond donors (Lipinski definition) is 0. The van der Waals surface area contributed by atoms with Crippen LogP contribution in [0, 0.1) is 0 Å². The molecule has 0 unspecified atom stereocenters. The lowest BCUT2D eigenvalue weighted by molar-refractivity contribution is 0.866. The minimum absolute atomic E-state index is 0.164. The summed E-state index contributed by atoms with van der Waals surface area (Å²) in [6, 6.07) is 8.15. The maximum Gasteiger partial charge on any atom is 0.239 e. The van der Waals surface area contributed by atoms with E-state index < -0.39 is 0 Å². The van der Waals surface area contributed by atoms with Gasteiger partial charge in [0.25, 0.3) is 0 Å². The molecule has 0 saturated carbocycles. The van der Waals surface area contributed by atoms with Crippen molar-refractivity contribution in [2.24, 2.45) is 0 Å². The fourth-order valence-electron chi connectivity index (χ4n) is 1.98. The molecule has 0 radical (unpaired) electrons. The van der Waals surface area contributed by atoms with E-state index in [0.717, 1.165) is 5.56 Å². The molecule has 0 atom stereocenters. The first-order chi connectivity index (χ1) is 10.1. The number of halogens is 1. The topological polar surface area (TPSA) is 56.5 Å². The Labute approximate surface area is 127 Å². The van der Waals surface area contributed by atoms with Gasteiger partial charge in [-0.25, -0.2) is 4.98 Å². The van der Waals surface area contributed by atoms with Gasteiger partial charge in [0, 0.05) is 18.0 Å². The highest BCUT2D eigenvalue weighted by molar-refractivity contribution is 6.28. The lowest BCUT2D eigenvalue weighted by Crippen LogP contribution is -2.03. The Kier molecular flexibility index (Phi) is 3.66. The zero-order valence-electron chi connectivity index (χ0n) is 11.7. The summed E-state index contributed by atoms with van der Waals surface area (Å²) in [5.41, 5.74) is 2.18. The number of nitrogens with zero attached hydrogens (tertiary/aromatic N) is 5. The summed E-state index contributed by atoms with van der Waals surface area (Å²) in [6.07, 6.45) is 5.05. The molecule has 6 heteroatoms. The minimum atomic E-state index is 0.164. The third kappa shape index (κ3) is 2.92. The van der Waals surface area contributed by atoms with Crippen molar-refractivity contribution in [3.05, 3.63) is 53.8 Å². The predicted octanol–water partition coefficient (Wildman–Crippen LogP) is 3.50. The van der Waals surface area contributed by atoms with Crippen LogP contribution in [0.1, 0.15) is 25.3 Å². The number of rotatable bonds is 3. The van der Waals surface area contributed by atoms with E-state index in [1.54, 1.807) is 23.3 Å². The summed E-state index contributed by atoms with van der Waals surface area (Å²) in [6.45, 7) is 4.32. The van der Waals surface area contributed by atoms with Crippen LogP contribution in [-0.4, -0.2) is 24.5 Å². The maximum absolute atomic E-state index is 6.00. The summed E-state index contributed by atoms with van der Waals surface area (Å²) in [5.74, 6) is 1.49. The molecule has 0 N–H and O–H groups in total. The lowest BCUT2D eigenvalue weighted by atomic mass is 10.0. The first kappa shape index (κ1) is 13.7. The summed E-state index contributed by atoms with van der Waals surface area (Å²) >= 11 is 6.00. The van der Waals surface area contributed by atoms with Crippen molar-refractivity contribution in [2.75, 3.05) is 0 Å². The van der Waals surface area contributed by atoms with E-state index in [2.05, 4.69) is 45.9 Å². The highest BCUT2D eigenvalue weighted by atomic mass is 35.5. The van der Waals surface area contributed by atoms with Gasteiger partial charge in [-0.15, -0.1) is 0 Å². The van der Waals surface area contributed by atoms with E-state index in [-0.39, 0.29) is 5.28 Å². The first-order valence-electron chi connectivity index (χ1n) is 6.64. The highest BCUT2D eigenvalue weighted by Crippen LogP contribution is 2.21. The zero-order chi connectivity index (χ0) is 14.8. The Morgan fingerprint density at radius 3 is 2.43 bits per heavy atom. The van der Waals surface area contributed by atoms with Crippen molar-refractivity contribution >= 4 is 11.6 Å². The number of aromatic nitrogens is 5. The molecular weight excluding hydrogens is 286 g/mol. The van der Waals surface area contributed by atoms with Gasteiger partial charge in [0.1, 0.15) is 6.33 Å². The molecule has 0 spiro atoms. The van der Waals surface area contributed by atoms with E-state index in [1.807, 2.05) is 12.1 Å². The normalized spacial score (nSPS) is 11.0. The molecule has 0 fully saturated rings. The molecule has 106 valence electrons. The molecular formula is C15H14ClN5. The average molecular weight is 300 g/mol. The SMILES string of the molecule is CC(C)c1ccc(-c2nc(Cl)nc(-n3ccnc3)n2)cc1. The van der Waals surface area contributed by atoms with E-state index in [9.17, 15) is 0 Å². The molecule has 0 bridgehead atoms. The third-order valence-corrected chi connectivity index (χ3v) is 3.34. The van der Waals surface area contributed by atoms with Gasteiger partial charge in [-0.3, -0.25) is 4.57 Å². The zero-order valence-corrected chi connectivity index (χ0v) is 12.5. The molecule has 5 nitrogen and oxygen atoms in total. The van der Waals surface area contributed by atoms with Crippen LogP contribution in [0.3, 0.4) is 0 Å². The second-order valence-corrected chi connectivity index (χ2v) is 5.31. The average Bonchev–Trinajstić information content (AvgIpc) is 3.01. The van der Waals surface area contributed by atoms with Gasteiger partial charge in [-0.2, -0.15) is 15.0 Å². The Hall–Kier alpha value is -2.27. The summed E-state index contributed by atoms with van der Waals surface area (Å²) in [7, 11) is 0. The first-order valence-corrected chi connectivity index (χ1v) is 7.01. The smallest absolute Gasteiger partial charge is 0.239 e. The molecule has 0 aliphatic rings. The molecule has 21 heavy (non-hydrogen) atoms. The summed E-state index contributed by atoms with van der Waals surface area (Å²) in [4.78, 5) is 16.7. The van der Waals surface area contributed by atoms with Crippen LogP contribution in [0.2, 0.25) is 5.28 Å². The standard InChI is InChI=1S/C15H14ClN5/c1-10(2)11-3-5-12(6-4-11)13-18-14(16)20-15(19-13)21-8-7-17-9-21/h3-10H,1-2H3. The number of benzene rings is 1. The van der Waals surface area contributed by atoms with Gasteiger partial charge < -0.3 is 0 Å². The fourth-order valence-corrected chi connectivity index (χ4v) is 2.13. The molecule has 3 rings (SSSR count). The monoisotopic (exact) mass is 299 g/mol. The Morgan fingerprint density at radius 2 is 1.81 bits per heavy atom. The molecule has 0 aliphatic heterocycles. The molecule has 0 aliphatic carbocycles. The van der Waals surface area contributed by atoms with Crippen molar-refractivity contribution in [3.8, 4) is 17.3 Å². The Morgan fingerprint density at radius 1 is 1.05 bits per heavy atom. The van der Waals surface area contributed by atoms with Crippen molar-refractivity contribution in [1.82, 2.24) is 24.5 Å². The van der Waals surface area contributed by atoms with Gasteiger partial charge >= 0.3 is 0 Å². The largest absolute Gasteiger partial charge is 0.274 e. The Balaban J connectivity index is 2.02. The third-order valence-electron chi connectivity index (χ3n) is 3.17. The predicted molar refractivity (Wildman–Crippen MR) is 81.5 cm³/mol. The molecule has 1 aromatic carbocycles. The molecule has 0 saturated heterocycles. The van der Waals surface area contributed by atoms with Crippen LogP contribution in [0.15, 0.2) is 43.0 Å². The quantitative estimate of drug-likeness (QED) is 0.742.